The van der Waals surface area contributed by atoms with Crippen LogP contribution in [-0.2, 0) is 6.42 Å². The number of hydrogen-bond acceptors (Lipinski definition) is 2. The Morgan fingerprint density at radius 2 is 1.90 bits per heavy atom. The predicted molar refractivity (Wildman–Crippen MR) is 89.0 cm³/mol. The summed E-state index contributed by atoms with van der Waals surface area (Å²) in [6.45, 7) is 6.06. The first-order valence-corrected chi connectivity index (χ1v) is 7.60. The summed E-state index contributed by atoms with van der Waals surface area (Å²) in [6.07, 6.45) is 0.868. The third kappa shape index (κ3) is 4.48. The van der Waals surface area contributed by atoms with Crippen molar-refractivity contribution in [3.05, 3.63) is 64.2 Å². The summed E-state index contributed by atoms with van der Waals surface area (Å²) in [5, 5.41) is 0.778. The van der Waals surface area contributed by atoms with Crippen LogP contribution in [0.2, 0.25) is 5.02 Å². The molecule has 0 aliphatic rings. The first-order chi connectivity index (χ1) is 9.95. The average Bonchev–Trinajstić information content (AvgIpc) is 2.41. The van der Waals surface area contributed by atoms with Crippen molar-refractivity contribution in [3.63, 3.8) is 0 Å². The SMILES string of the molecule is Cc1ccc(CC(N)c2cccc(OC(C)C)c2)c(Cl)c1. The van der Waals surface area contributed by atoms with Crippen LogP contribution < -0.4 is 10.5 Å². The van der Waals surface area contributed by atoms with Gasteiger partial charge in [-0.15, -0.1) is 0 Å². The zero-order valence-corrected chi connectivity index (χ0v) is 13.5. The Kier molecular flexibility index (Phi) is 5.27. The minimum atomic E-state index is -0.0964. The molecule has 0 spiro atoms. The maximum Gasteiger partial charge on any atom is 0.120 e. The Labute approximate surface area is 131 Å². The van der Waals surface area contributed by atoms with Gasteiger partial charge >= 0.3 is 0 Å². The maximum absolute atomic E-state index is 6.32. The van der Waals surface area contributed by atoms with Gasteiger partial charge in [-0.25, -0.2) is 0 Å². The summed E-state index contributed by atoms with van der Waals surface area (Å²) < 4.78 is 5.71. The van der Waals surface area contributed by atoms with E-state index in [1.165, 1.54) is 0 Å². The van der Waals surface area contributed by atoms with Crippen molar-refractivity contribution in [2.75, 3.05) is 0 Å². The number of benzene rings is 2. The normalized spacial score (nSPS) is 12.5. The molecule has 0 heterocycles. The van der Waals surface area contributed by atoms with Gasteiger partial charge < -0.3 is 10.5 Å². The molecule has 2 nitrogen and oxygen atoms in total. The number of aryl methyl sites for hydroxylation is 1. The fourth-order valence-electron chi connectivity index (χ4n) is 2.26. The summed E-state index contributed by atoms with van der Waals surface area (Å²) in [6, 6.07) is 14.0. The lowest BCUT2D eigenvalue weighted by Gasteiger charge is -2.16. The van der Waals surface area contributed by atoms with Gasteiger partial charge in [0.1, 0.15) is 5.75 Å². The van der Waals surface area contributed by atoms with Crippen LogP contribution in [0.5, 0.6) is 5.75 Å². The molecule has 0 aliphatic heterocycles. The molecule has 2 rings (SSSR count). The second-order valence-corrected chi connectivity index (χ2v) is 6.05. The number of nitrogens with two attached hydrogens (primary N) is 1. The van der Waals surface area contributed by atoms with Crippen LogP contribution in [0.25, 0.3) is 0 Å². The zero-order valence-electron chi connectivity index (χ0n) is 12.8. The number of rotatable bonds is 5. The highest BCUT2D eigenvalue weighted by molar-refractivity contribution is 6.31. The van der Waals surface area contributed by atoms with E-state index in [9.17, 15) is 0 Å². The molecule has 0 radical (unpaired) electrons. The molecular weight excluding hydrogens is 282 g/mol. The van der Waals surface area contributed by atoms with Crippen molar-refractivity contribution >= 4 is 11.6 Å². The van der Waals surface area contributed by atoms with Gasteiger partial charge in [0, 0.05) is 11.1 Å². The van der Waals surface area contributed by atoms with Crippen molar-refractivity contribution in [2.45, 2.75) is 39.3 Å². The van der Waals surface area contributed by atoms with Gasteiger partial charge in [-0.2, -0.15) is 0 Å². The van der Waals surface area contributed by atoms with Gasteiger partial charge in [0.2, 0.25) is 0 Å². The largest absolute Gasteiger partial charge is 0.491 e. The van der Waals surface area contributed by atoms with Crippen molar-refractivity contribution in [1.82, 2.24) is 0 Å². The molecule has 0 aliphatic carbocycles. The van der Waals surface area contributed by atoms with E-state index in [4.69, 9.17) is 22.1 Å². The van der Waals surface area contributed by atoms with Gasteiger partial charge in [-0.1, -0.05) is 35.9 Å². The molecule has 3 heteroatoms. The highest BCUT2D eigenvalue weighted by atomic mass is 35.5. The highest BCUT2D eigenvalue weighted by Crippen LogP contribution is 2.25. The van der Waals surface area contributed by atoms with Crippen molar-refractivity contribution in [2.24, 2.45) is 5.73 Å². The van der Waals surface area contributed by atoms with Crippen LogP contribution in [0.3, 0.4) is 0 Å². The Morgan fingerprint density at radius 1 is 1.14 bits per heavy atom. The molecule has 2 N–H and O–H groups in total. The van der Waals surface area contributed by atoms with Crippen LogP contribution in [0.4, 0.5) is 0 Å². The quantitative estimate of drug-likeness (QED) is 0.870. The number of hydrogen-bond donors (Lipinski definition) is 1. The minimum absolute atomic E-state index is 0.0964. The molecule has 21 heavy (non-hydrogen) atoms. The first kappa shape index (κ1) is 15.9. The fourth-order valence-corrected chi connectivity index (χ4v) is 2.58. The molecule has 112 valence electrons. The van der Waals surface area contributed by atoms with E-state index in [1.54, 1.807) is 0 Å². The second-order valence-electron chi connectivity index (χ2n) is 5.64. The van der Waals surface area contributed by atoms with Gasteiger partial charge in [-0.3, -0.25) is 0 Å². The monoisotopic (exact) mass is 303 g/mol. The molecule has 1 unspecified atom stereocenters. The molecule has 2 aromatic carbocycles. The summed E-state index contributed by atoms with van der Waals surface area (Å²) >= 11 is 6.28. The lowest BCUT2D eigenvalue weighted by atomic mass is 9.99. The first-order valence-electron chi connectivity index (χ1n) is 7.23. The van der Waals surface area contributed by atoms with Crippen LogP contribution in [0.15, 0.2) is 42.5 Å². The van der Waals surface area contributed by atoms with Crippen LogP contribution in [0, 0.1) is 6.92 Å². The van der Waals surface area contributed by atoms with E-state index < -0.39 is 0 Å². The fraction of sp³-hybridized carbons (Fsp3) is 0.333. The summed E-state index contributed by atoms with van der Waals surface area (Å²) in [4.78, 5) is 0. The smallest absolute Gasteiger partial charge is 0.120 e. The maximum atomic E-state index is 6.32. The Hall–Kier alpha value is -1.51. The Balaban J connectivity index is 2.14. The van der Waals surface area contributed by atoms with E-state index in [1.807, 2.05) is 57.2 Å². The van der Waals surface area contributed by atoms with Crippen LogP contribution in [-0.4, -0.2) is 6.10 Å². The predicted octanol–water partition coefficient (Wildman–Crippen LogP) is 4.68. The van der Waals surface area contributed by atoms with E-state index in [2.05, 4.69) is 6.07 Å². The minimum Gasteiger partial charge on any atom is -0.491 e. The van der Waals surface area contributed by atoms with E-state index in [-0.39, 0.29) is 12.1 Å². The molecule has 1 atom stereocenters. The zero-order chi connectivity index (χ0) is 15.4. The summed E-state index contributed by atoms with van der Waals surface area (Å²) in [5.41, 5.74) is 9.61. The number of halogens is 1. The van der Waals surface area contributed by atoms with Crippen LogP contribution >= 0.6 is 11.6 Å². The molecule has 0 fully saturated rings. The van der Waals surface area contributed by atoms with E-state index in [0.29, 0.717) is 6.42 Å². The van der Waals surface area contributed by atoms with Crippen molar-refractivity contribution in [1.29, 1.82) is 0 Å². The molecular formula is C18H22ClNO. The van der Waals surface area contributed by atoms with E-state index >= 15 is 0 Å². The topological polar surface area (TPSA) is 35.2 Å². The molecule has 0 saturated heterocycles. The second kappa shape index (κ2) is 6.97. The van der Waals surface area contributed by atoms with Gasteiger partial charge in [0.05, 0.1) is 6.10 Å². The van der Waals surface area contributed by atoms with Crippen molar-refractivity contribution in [3.8, 4) is 5.75 Å². The van der Waals surface area contributed by atoms with Crippen LogP contribution in [0.1, 0.15) is 36.6 Å². The van der Waals surface area contributed by atoms with Gasteiger partial charge in [0.25, 0.3) is 0 Å². The summed E-state index contributed by atoms with van der Waals surface area (Å²) in [7, 11) is 0. The Bertz CT molecular complexity index is 610. The lowest BCUT2D eigenvalue weighted by Crippen LogP contribution is -2.14. The lowest BCUT2D eigenvalue weighted by molar-refractivity contribution is 0.242. The standard InChI is InChI=1S/C18H22ClNO/c1-12(2)21-16-6-4-5-15(10-16)18(20)11-14-8-7-13(3)9-17(14)19/h4-10,12,18H,11,20H2,1-3H3. The molecule has 0 aromatic heterocycles. The van der Waals surface area contributed by atoms with Gasteiger partial charge in [-0.05, 0) is 62.1 Å². The molecule has 0 saturated carbocycles. The third-order valence-corrected chi connectivity index (χ3v) is 3.66. The molecule has 2 aromatic rings. The highest BCUT2D eigenvalue weighted by Gasteiger charge is 2.11. The summed E-state index contributed by atoms with van der Waals surface area (Å²) in [5.74, 6) is 0.855. The van der Waals surface area contributed by atoms with E-state index in [0.717, 1.165) is 27.5 Å². The van der Waals surface area contributed by atoms with Gasteiger partial charge in [0.15, 0.2) is 0 Å². The average molecular weight is 304 g/mol. The third-order valence-electron chi connectivity index (χ3n) is 3.31. The van der Waals surface area contributed by atoms with Crippen molar-refractivity contribution < 1.29 is 4.74 Å². The molecule has 0 amide bonds. The number of ether oxygens (including phenoxy) is 1. The Morgan fingerprint density at radius 3 is 2.57 bits per heavy atom. The molecule has 0 bridgehead atoms.